The molecule has 0 aliphatic rings. The molecule has 0 bridgehead atoms. The van der Waals surface area contributed by atoms with Crippen LogP contribution in [0.2, 0.25) is 5.02 Å². The van der Waals surface area contributed by atoms with E-state index in [1.807, 2.05) is 38.1 Å². The van der Waals surface area contributed by atoms with Crippen LogP contribution in [0.1, 0.15) is 27.2 Å². The lowest BCUT2D eigenvalue weighted by Crippen LogP contribution is -2.23. The van der Waals surface area contributed by atoms with E-state index in [0.717, 1.165) is 21.7 Å². The second-order valence-electron chi connectivity index (χ2n) is 5.93. The molecule has 134 valence electrons. The summed E-state index contributed by atoms with van der Waals surface area (Å²) in [7, 11) is 0. The van der Waals surface area contributed by atoms with E-state index in [0.29, 0.717) is 18.0 Å². The Kier molecular flexibility index (Phi) is 5.53. The Labute approximate surface area is 156 Å². The number of aryl methyl sites for hydroxylation is 2. The SMILES string of the molecule is Cc1cc(OCn2ccc(C(=O)NCc3cccnc3)n2)cc(C)c1Cl. The molecule has 0 saturated carbocycles. The van der Waals surface area contributed by atoms with Crippen LogP contribution in [0.4, 0.5) is 0 Å². The summed E-state index contributed by atoms with van der Waals surface area (Å²) < 4.78 is 7.30. The first-order valence-corrected chi connectivity index (χ1v) is 8.51. The minimum Gasteiger partial charge on any atom is -0.471 e. The number of halogens is 1. The predicted octanol–water partition coefficient (Wildman–Crippen LogP) is 3.51. The average molecular weight is 371 g/mol. The average Bonchev–Trinajstić information content (AvgIpc) is 3.12. The first-order valence-electron chi connectivity index (χ1n) is 8.13. The Bertz CT molecular complexity index is 886. The summed E-state index contributed by atoms with van der Waals surface area (Å²) >= 11 is 6.16. The van der Waals surface area contributed by atoms with Crippen LogP contribution in [0.25, 0.3) is 0 Å². The third-order valence-corrected chi connectivity index (χ3v) is 4.42. The van der Waals surface area contributed by atoms with Crippen LogP contribution in [-0.4, -0.2) is 20.7 Å². The van der Waals surface area contributed by atoms with Crippen LogP contribution in [0.5, 0.6) is 5.75 Å². The molecule has 7 heteroatoms. The number of hydrogen-bond acceptors (Lipinski definition) is 4. The van der Waals surface area contributed by atoms with Crippen molar-refractivity contribution < 1.29 is 9.53 Å². The molecular weight excluding hydrogens is 352 g/mol. The zero-order valence-electron chi connectivity index (χ0n) is 14.6. The van der Waals surface area contributed by atoms with Gasteiger partial charge in [-0.1, -0.05) is 17.7 Å². The lowest BCUT2D eigenvalue weighted by molar-refractivity contribution is 0.0944. The quantitative estimate of drug-likeness (QED) is 0.720. The summed E-state index contributed by atoms with van der Waals surface area (Å²) in [5.74, 6) is 0.466. The second kappa shape index (κ2) is 8.01. The Morgan fingerprint density at radius 1 is 1.27 bits per heavy atom. The van der Waals surface area contributed by atoms with E-state index in [1.165, 1.54) is 0 Å². The Balaban J connectivity index is 1.57. The summed E-state index contributed by atoms with van der Waals surface area (Å²) in [5, 5.41) is 7.79. The van der Waals surface area contributed by atoms with Gasteiger partial charge in [0.15, 0.2) is 6.73 Å². The van der Waals surface area contributed by atoms with Gasteiger partial charge in [0.25, 0.3) is 5.91 Å². The summed E-state index contributed by atoms with van der Waals surface area (Å²) in [6.45, 7) is 4.47. The van der Waals surface area contributed by atoms with Gasteiger partial charge >= 0.3 is 0 Å². The van der Waals surface area contributed by atoms with Crippen molar-refractivity contribution in [2.45, 2.75) is 27.1 Å². The molecule has 2 heterocycles. The lowest BCUT2D eigenvalue weighted by Gasteiger charge is -2.10. The van der Waals surface area contributed by atoms with Crippen molar-refractivity contribution in [3.63, 3.8) is 0 Å². The fourth-order valence-electron chi connectivity index (χ4n) is 2.46. The molecule has 26 heavy (non-hydrogen) atoms. The minimum absolute atomic E-state index is 0.205. The van der Waals surface area contributed by atoms with Gasteiger partial charge in [-0.25, -0.2) is 4.68 Å². The van der Waals surface area contributed by atoms with E-state index in [2.05, 4.69) is 15.4 Å². The number of aromatic nitrogens is 3. The van der Waals surface area contributed by atoms with E-state index in [9.17, 15) is 4.79 Å². The van der Waals surface area contributed by atoms with Crippen molar-refractivity contribution in [3.8, 4) is 5.75 Å². The van der Waals surface area contributed by atoms with Crippen molar-refractivity contribution in [1.29, 1.82) is 0 Å². The third-order valence-electron chi connectivity index (χ3n) is 3.82. The molecule has 0 saturated heterocycles. The van der Waals surface area contributed by atoms with E-state index in [-0.39, 0.29) is 12.6 Å². The number of amides is 1. The fraction of sp³-hybridized carbons (Fsp3) is 0.211. The molecule has 6 nitrogen and oxygen atoms in total. The van der Waals surface area contributed by atoms with Crippen molar-refractivity contribution in [2.75, 3.05) is 0 Å². The van der Waals surface area contributed by atoms with E-state index < -0.39 is 0 Å². The largest absolute Gasteiger partial charge is 0.471 e. The number of nitrogens with zero attached hydrogens (tertiary/aromatic N) is 3. The minimum atomic E-state index is -0.245. The number of nitrogens with one attached hydrogen (secondary N) is 1. The van der Waals surface area contributed by atoms with Crippen molar-refractivity contribution >= 4 is 17.5 Å². The highest BCUT2D eigenvalue weighted by Crippen LogP contribution is 2.25. The standard InChI is InChI=1S/C19H19ClN4O2/c1-13-8-16(9-14(2)18(13)20)26-12-24-7-5-17(23-24)19(25)22-11-15-4-3-6-21-10-15/h3-10H,11-12H2,1-2H3,(H,22,25). The lowest BCUT2D eigenvalue weighted by atomic mass is 10.1. The normalized spacial score (nSPS) is 10.6. The number of benzene rings is 1. The van der Waals surface area contributed by atoms with Crippen LogP contribution >= 0.6 is 11.6 Å². The van der Waals surface area contributed by atoms with Crippen LogP contribution in [0, 0.1) is 13.8 Å². The van der Waals surface area contributed by atoms with Gasteiger partial charge < -0.3 is 10.1 Å². The van der Waals surface area contributed by atoms with E-state index in [1.54, 1.807) is 29.3 Å². The first kappa shape index (κ1) is 17.9. The summed E-state index contributed by atoms with van der Waals surface area (Å²) in [4.78, 5) is 16.2. The molecule has 0 aliphatic carbocycles. The van der Waals surface area contributed by atoms with Gasteiger partial charge in [0.1, 0.15) is 11.4 Å². The fourth-order valence-corrected chi connectivity index (χ4v) is 2.57. The molecule has 0 atom stereocenters. The van der Waals surface area contributed by atoms with E-state index in [4.69, 9.17) is 16.3 Å². The molecule has 0 aliphatic heterocycles. The molecule has 3 aromatic rings. The van der Waals surface area contributed by atoms with Crippen LogP contribution in [0.15, 0.2) is 48.9 Å². The molecule has 0 radical (unpaired) electrons. The second-order valence-corrected chi connectivity index (χ2v) is 6.31. The molecular formula is C19H19ClN4O2. The van der Waals surface area contributed by atoms with Gasteiger partial charge in [-0.05, 0) is 54.8 Å². The number of ether oxygens (including phenoxy) is 1. The molecule has 1 amide bonds. The maximum Gasteiger partial charge on any atom is 0.272 e. The highest BCUT2D eigenvalue weighted by atomic mass is 35.5. The van der Waals surface area contributed by atoms with Gasteiger partial charge in [0.05, 0.1) is 0 Å². The van der Waals surface area contributed by atoms with Crippen molar-refractivity contribution in [1.82, 2.24) is 20.1 Å². The Morgan fingerprint density at radius 2 is 2.04 bits per heavy atom. The summed E-state index contributed by atoms with van der Waals surface area (Å²) in [6, 6.07) is 9.13. The predicted molar refractivity (Wildman–Crippen MR) is 99.2 cm³/mol. The monoisotopic (exact) mass is 370 g/mol. The van der Waals surface area contributed by atoms with Crippen LogP contribution in [-0.2, 0) is 13.3 Å². The maximum atomic E-state index is 12.2. The molecule has 0 fully saturated rings. The number of carbonyl (C=O) groups is 1. The zero-order chi connectivity index (χ0) is 18.5. The van der Waals surface area contributed by atoms with Crippen LogP contribution in [0.3, 0.4) is 0 Å². The smallest absolute Gasteiger partial charge is 0.272 e. The van der Waals surface area contributed by atoms with Gasteiger partial charge in [0.2, 0.25) is 0 Å². The van der Waals surface area contributed by atoms with Crippen LogP contribution < -0.4 is 10.1 Å². The zero-order valence-corrected chi connectivity index (χ0v) is 15.3. The number of rotatable bonds is 6. The van der Waals surface area contributed by atoms with Gasteiger partial charge in [0, 0.05) is 30.2 Å². The molecule has 0 spiro atoms. The molecule has 2 aromatic heterocycles. The van der Waals surface area contributed by atoms with Gasteiger partial charge in [-0.3, -0.25) is 9.78 Å². The topological polar surface area (TPSA) is 69.0 Å². The van der Waals surface area contributed by atoms with Crippen molar-refractivity contribution in [2.24, 2.45) is 0 Å². The molecule has 1 aromatic carbocycles. The highest BCUT2D eigenvalue weighted by Gasteiger charge is 2.10. The first-order chi connectivity index (χ1) is 12.5. The third kappa shape index (κ3) is 4.40. The maximum absolute atomic E-state index is 12.2. The van der Waals surface area contributed by atoms with Gasteiger partial charge in [-0.2, -0.15) is 5.10 Å². The van der Waals surface area contributed by atoms with Gasteiger partial charge in [-0.15, -0.1) is 0 Å². The molecule has 0 unspecified atom stereocenters. The summed E-state index contributed by atoms with van der Waals surface area (Å²) in [6.07, 6.45) is 5.11. The summed E-state index contributed by atoms with van der Waals surface area (Å²) in [5.41, 5.74) is 3.17. The Morgan fingerprint density at radius 3 is 2.73 bits per heavy atom. The number of hydrogen-bond donors (Lipinski definition) is 1. The number of pyridine rings is 1. The number of carbonyl (C=O) groups excluding carboxylic acids is 1. The van der Waals surface area contributed by atoms with Crippen molar-refractivity contribution in [3.05, 3.63) is 76.3 Å². The van der Waals surface area contributed by atoms with E-state index >= 15 is 0 Å². The Hall–Kier alpha value is -2.86. The molecule has 3 rings (SSSR count). The highest BCUT2D eigenvalue weighted by molar-refractivity contribution is 6.32. The molecule has 1 N–H and O–H groups in total.